The third-order valence-corrected chi connectivity index (χ3v) is 4.38. The van der Waals surface area contributed by atoms with E-state index < -0.39 is 18.7 Å². The summed E-state index contributed by atoms with van der Waals surface area (Å²) in [6, 6.07) is 3.50. The highest BCUT2D eigenvalue weighted by atomic mass is 79.9. The van der Waals surface area contributed by atoms with E-state index in [2.05, 4.69) is 25.9 Å². The van der Waals surface area contributed by atoms with Gasteiger partial charge in [0.2, 0.25) is 0 Å². The fraction of sp³-hybridized carbons (Fsp3) is 0.333. The highest BCUT2D eigenvalue weighted by Gasteiger charge is 2.12. The largest absolute Gasteiger partial charge is 0.325 e. The molecule has 4 N–H and O–H groups in total. The fourth-order valence-corrected chi connectivity index (χ4v) is 3.23. The van der Waals surface area contributed by atoms with E-state index in [1.165, 1.54) is 0 Å². The van der Waals surface area contributed by atoms with Gasteiger partial charge >= 0.3 is 18.7 Å². The summed E-state index contributed by atoms with van der Waals surface area (Å²) in [7, 11) is -3.97. The van der Waals surface area contributed by atoms with Crippen molar-refractivity contribution in [2.45, 2.75) is 19.3 Å². The number of benzene rings is 1. The minimum Gasteiger partial charge on any atom is -0.324 e. The standard InChI is InChI=1S/C12H14BrN2O5P/c13-8-5-7(3-1-2-4-21(18,19)20)10-9(6-8)14-11(16)12(17)15-10/h5-6H,1-4H2,(H,14,16)(H,15,17)(H2,18,19,20). The first kappa shape index (κ1) is 16.2. The van der Waals surface area contributed by atoms with Crippen LogP contribution in [0, 0.1) is 0 Å². The minimum absolute atomic E-state index is 0.160. The quantitative estimate of drug-likeness (QED) is 0.357. The Kier molecular flexibility index (Phi) is 4.83. The summed E-state index contributed by atoms with van der Waals surface area (Å²) in [5, 5.41) is 0. The lowest BCUT2D eigenvalue weighted by atomic mass is 10.1. The van der Waals surface area contributed by atoms with Gasteiger partial charge in [0.1, 0.15) is 0 Å². The summed E-state index contributed by atoms with van der Waals surface area (Å²) in [5.41, 5.74) is 0.422. The zero-order valence-electron chi connectivity index (χ0n) is 10.9. The monoisotopic (exact) mass is 376 g/mol. The van der Waals surface area contributed by atoms with Crippen molar-refractivity contribution in [3.8, 4) is 0 Å². The van der Waals surface area contributed by atoms with E-state index in [1.54, 1.807) is 6.07 Å². The zero-order chi connectivity index (χ0) is 15.6. The molecule has 0 atom stereocenters. The van der Waals surface area contributed by atoms with Crippen LogP contribution in [0.4, 0.5) is 0 Å². The Balaban J connectivity index is 2.27. The number of H-pyrrole nitrogens is 2. The molecular formula is C12H14BrN2O5P. The number of unbranched alkanes of at least 4 members (excludes halogenated alkanes) is 1. The molecule has 1 aromatic carbocycles. The van der Waals surface area contributed by atoms with Crippen molar-refractivity contribution in [3.05, 3.63) is 42.9 Å². The Morgan fingerprint density at radius 2 is 1.76 bits per heavy atom. The second-order valence-corrected chi connectivity index (χ2v) is 7.43. The van der Waals surface area contributed by atoms with Gasteiger partial charge in [0, 0.05) is 10.6 Å². The van der Waals surface area contributed by atoms with Crippen molar-refractivity contribution >= 4 is 34.6 Å². The van der Waals surface area contributed by atoms with Crippen LogP contribution in [0.2, 0.25) is 0 Å². The molecule has 21 heavy (non-hydrogen) atoms. The van der Waals surface area contributed by atoms with E-state index in [9.17, 15) is 14.2 Å². The van der Waals surface area contributed by atoms with Gasteiger partial charge in [-0.05, 0) is 37.0 Å². The molecule has 0 aliphatic rings. The molecule has 114 valence electrons. The average molecular weight is 377 g/mol. The van der Waals surface area contributed by atoms with Crippen LogP contribution in [-0.4, -0.2) is 25.9 Å². The van der Waals surface area contributed by atoms with E-state index >= 15 is 0 Å². The lowest BCUT2D eigenvalue weighted by Gasteiger charge is -2.08. The minimum atomic E-state index is -3.97. The van der Waals surface area contributed by atoms with Crippen molar-refractivity contribution in [1.82, 2.24) is 9.97 Å². The number of hydrogen-bond donors (Lipinski definition) is 4. The molecule has 0 amide bonds. The van der Waals surface area contributed by atoms with Crippen LogP contribution in [-0.2, 0) is 11.0 Å². The molecule has 9 heteroatoms. The number of aromatic amines is 2. The predicted molar refractivity (Wildman–Crippen MR) is 82.7 cm³/mol. The van der Waals surface area contributed by atoms with Crippen LogP contribution >= 0.6 is 23.5 Å². The van der Waals surface area contributed by atoms with Gasteiger partial charge in [0.05, 0.1) is 11.0 Å². The second kappa shape index (κ2) is 6.27. The van der Waals surface area contributed by atoms with Crippen LogP contribution in [0.5, 0.6) is 0 Å². The number of hydrogen-bond acceptors (Lipinski definition) is 3. The van der Waals surface area contributed by atoms with Crippen molar-refractivity contribution < 1.29 is 14.4 Å². The van der Waals surface area contributed by atoms with E-state index in [1.807, 2.05) is 6.07 Å². The molecule has 0 radical (unpaired) electrons. The van der Waals surface area contributed by atoms with Gasteiger partial charge in [-0.25, -0.2) is 0 Å². The van der Waals surface area contributed by atoms with Gasteiger partial charge in [0.25, 0.3) is 0 Å². The molecule has 0 aliphatic carbocycles. The predicted octanol–water partition coefficient (Wildman–Crippen LogP) is 1.48. The van der Waals surface area contributed by atoms with Gasteiger partial charge in [-0.3, -0.25) is 14.2 Å². The lowest BCUT2D eigenvalue weighted by molar-refractivity contribution is 0.371. The topological polar surface area (TPSA) is 123 Å². The summed E-state index contributed by atoms with van der Waals surface area (Å²) >= 11 is 3.33. The number of fused-ring (bicyclic) bond motifs is 1. The Morgan fingerprint density at radius 1 is 1.10 bits per heavy atom. The maximum Gasteiger partial charge on any atom is 0.325 e. The molecule has 0 aliphatic heterocycles. The molecule has 0 fully saturated rings. The van der Waals surface area contributed by atoms with Crippen molar-refractivity contribution in [2.24, 2.45) is 0 Å². The first-order chi connectivity index (χ1) is 9.76. The van der Waals surface area contributed by atoms with Gasteiger partial charge in [-0.2, -0.15) is 0 Å². The van der Waals surface area contributed by atoms with Gasteiger partial charge in [-0.1, -0.05) is 15.9 Å². The van der Waals surface area contributed by atoms with Crippen molar-refractivity contribution in [3.63, 3.8) is 0 Å². The fourth-order valence-electron chi connectivity index (χ4n) is 2.09. The molecule has 2 aromatic rings. The van der Waals surface area contributed by atoms with E-state index in [-0.39, 0.29) is 6.16 Å². The van der Waals surface area contributed by atoms with Gasteiger partial charge in [-0.15, -0.1) is 0 Å². The smallest absolute Gasteiger partial charge is 0.324 e. The molecule has 0 saturated carbocycles. The molecule has 1 heterocycles. The maximum absolute atomic E-state index is 11.4. The Labute approximate surface area is 127 Å². The first-order valence-corrected chi connectivity index (χ1v) is 8.84. The summed E-state index contributed by atoms with van der Waals surface area (Å²) in [4.78, 5) is 45.4. The molecule has 0 unspecified atom stereocenters. The SMILES string of the molecule is O=c1[nH]c2cc(Br)cc(CCCCP(=O)(O)O)c2[nH]c1=O. The van der Waals surface area contributed by atoms with E-state index in [4.69, 9.17) is 9.79 Å². The van der Waals surface area contributed by atoms with Crippen LogP contribution in [0.1, 0.15) is 18.4 Å². The normalized spacial score (nSPS) is 12.0. The lowest BCUT2D eigenvalue weighted by Crippen LogP contribution is -2.29. The van der Waals surface area contributed by atoms with Crippen molar-refractivity contribution in [1.29, 1.82) is 0 Å². The Hall–Kier alpha value is -1.21. The molecule has 7 nitrogen and oxygen atoms in total. The zero-order valence-corrected chi connectivity index (χ0v) is 13.4. The number of aromatic nitrogens is 2. The van der Waals surface area contributed by atoms with Gasteiger partial charge < -0.3 is 19.8 Å². The van der Waals surface area contributed by atoms with Crippen LogP contribution in [0.3, 0.4) is 0 Å². The molecule has 1 aromatic heterocycles. The molecular weight excluding hydrogens is 363 g/mol. The summed E-state index contributed by atoms with van der Waals surface area (Å²) in [5.74, 6) is 0. The van der Waals surface area contributed by atoms with Crippen molar-refractivity contribution in [2.75, 3.05) is 6.16 Å². The summed E-state index contributed by atoms with van der Waals surface area (Å²) in [6.45, 7) is 0. The number of halogens is 1. The van der Waals surface area contributed by atoms with Gasteiger partial charge in [0.15, 0.2) is 0 Å². The summed E-state index contributed by atoms with van der Waals surface area (Å²) < 4.78 is 11.5. The van der Waals surface area contributed by atoms with E-state index in [0.717, 1.165) is 10.0 Å². The highest BCUT2D eigenvalue weighted by Crippen LogP contribution is 2.35. The summed E-state index contributed by atoms with van der Waals surface area (Å²) in [6.07, 6.45) is 1.33. The molecule has 0 spiro atoms. The molecule has 0 saturated heterocycles. The maximum atomic E-state index is 11.4. The number of nitrogens with one attached hydrogen (secondary N) is 2. The molecule has 2 rings (SSSR count). The number of rotatable bonds is 5. The Bertz CT molecular complexity index is 822. The third-order valence-electron chi connectivity index (χ3n) is 3.02. The highest BCUT2D eigenvalue weighted by molar-refractivity contribution is 9.10. The van der Waals surface area contributed by atoms with Crippen LogP contribution in [0.15, 0.2) is 26.2 Å². The second-order valence-electron chi connectivity index (χ2n) is 4.74. The van der Waals surface area contributed by atoms with E-state index in [0.29, 0.717) is 30.3 Å². The molecule has 0 bridgehead atoms. The number of aryl methyl sites for hydroxylation is 1. The Morgan fingerprint density at radius 3 is 2.43 bits per heavy atom. The van der Waals surface area contributed by atoms with Crippen LogP contribution < -0.4 is 11.1 Å². The average Bonchev–Trinajstić information content (AvgIpc) is 2.35. The third kappa shape index (κ3) is 4.38. The van der Waals surface area contributed by atoms with Crippen LogP contribution in [0.25, 0.3) is 11.0 Å². The first-order valence-electron chi connectivity index (χ1n) is 6.25.